The molecule has 0 aliphatic heterocycles. The van der Waals surface area contributed by atoms with E-state index in [0.717, 1.165) is 31.3 Å². The van der Waals surface area contributed by atoms with E-state index in [2.05, 4.69) is 34.3 Å². The zero-order valence-corrected chi connectivity index (χ0v) is 22.7. The molecule has 10 unspecified atom stereocenters. The van der Waals surface area contributed by atoms with E-state index in [1.807, 2.05) is 13.0 Å². The summed E-state index contributed by atoms with van der Waals surface area (Å²) in [7, 11) is 0. The summed E-state index contributed by atoms with van der Waals surface area (Å²) >= 11 is 0. The Labute approximate surface area is 212 Å². The zero-order chi connectivity index (χ0) is 25.9. The van der Waals surface area contributed by atoms with Gasteiger partial charge >= 0.3 is 5.97 Å². The van der Waals surface area contributed by atoms with Crippen molar-refractivity contribution in [1.82, 2.24) is 0 Å². The Hall–Kier alpha value is -1.17. The van der Waals surface area contributed by atoms with E-state index in [9.17, 15) is 20.1 Å². The minimum atomic E-state index is -1.35. The fraction of sp³-hybridized carbons (Fsp3) is 0.833. The number of hydrogen-bond acceptors (Lipinski definition) is 5. The van der Waals surface area contributed by atoms with Crippen LogP contribution in [0.25, 0.3) is 0 Å². The second-order valence-electron chi connectivity index (χ2n) is 13.2. The van der Waals surface area contributed by atoms with E-state index in [4.69, 9.17) is 4.74 Å². The number of esters is 1. The van der Waals surface area contributed by atoms with Crippen LogP contribution in [0.5, 0.6) is 0 Å². The van der Waals surface area contributed by atoms with E-state index in [0.29, 0.717) is 43.4 Å². The number of ether oxygens (including phenoxy) is 1. The van der Waals surface area contributed by atoms with Crippen molar-refractivity contribution in [3.05, 3.63) is 23.8 Å². The van der Waals surface area contributed by atoms with Crippen LogP contribution in [0.15, 0.2) is 23.8 Å². The highest BCUT2D eigenvalue weighted by Gasteiger charge is 2.69. The van der Waals surface area contributed by atoms with Gasteiger partial charge < -0.3 is 20.1 Å². The van der Waals surface area contributed by atoms with E-state index in [-0.39, 0.29) is 29.3 Å². The lowest BCUT2D eigenvalue weighted by Crippen LogP contribution is -2.69. The van der Waals surface area contributed by atoms with Gasteiger partial charge in [-0.05, 0) is 86.0 Å². The van der Waals surface area contributed by atoms with Crippen LogP contribution in [0.4, 0.5) is 0 Å². The molecule has 4 aliphatic rings. The SMILES string of the molecule is C=C(CCC(C)C1CCC2C3=CC(O)C4CC(OC(C)=O)CCC4(C)C3(O)C(O)CC21C)C(C)C. The lowest BCUT2D eigenvalue weighted by Gasteiger charge is -2.64. The second kappa shape index (κ2) is 9.29. The van der Waals surface area contributed by atoms with Crippen LogP contribution < -0.4 is 0 Å². The van der Waals surface area contributed by atoms with Crippen molar-refractivity contribution in [2.24, 2.45) is 40.4 Å². The van der Waals surface area contributed by atoms with Crippen molar-refractivity contribution in [3.8, 4) is 0 Å². The van der Waals surface area contributed by atoms with Gasteiger partial charge in [0.15, 0.2) is 0 Å². The number of aliphatic hydroxyl groups excluding tert-OH is 2. The quantitative estimate of drug-likeness (QED) is 0.354. The van der Waals surface area contributed by atoms with Gasteiger partial charge in [0.25, 0.3) is 0 Å². The molecular weight excluding hydrogens is 440 g/mol. The van der Waals surface area contributed by atoms with Crippen LogP contribution in [-0.2, 0) is 9.53 Å². The summed E-state index contributed by atoms with van der Waals surface area (Å²) in [5.74, 6) is 1.07. The Morgan fingerprint density at radius 2 is 1.89 bits per heavy atom. The van der Waals surface area contributed by atoms with Crippen molar-refractivity contribution in [2.75, 3.05) is 0 Å². The fourth-order valence-corrected chi connectivity index (χ4v) is 8.82. The lowest BCUT2D eigenvalue weighted by atomic mass is 9.44. The molecule has 3 fully saturated rings. The Morgan fingerprint density at radius 3 is 2.51 bits per heavy atom. The average molecular weight is 489 g/mol. The maximum atomic E-state index is 12.4. The van der Waals surface area contributed by atoms with Crippen LogP contribution in [0.1, 0.15) is 92.9 Å². The molecule has 4 aliphatic carbocycles. The predicted molar refractivity (Wildman–Crippen MR) is 137 cm³/mol. The third kappa shape index (κ3) is 4.14. The standard InChI is InChI=1S/C30H48O5/c1-17(2)18(3)8-9-19(4)22-10-11-23-24-15-26(32)25-14-21(35-20(5)31)12-13-29(25,7)30(24,34)27(33)16-28(22,23)6/h15,17,19,21-23,25-27,32-34H,3,8-14,16H2,1-2,4-7H3. The topological polar surface area (TPSA) is 87.0 Å². The van der Waals surface area contributed by atoms with Crippen molar-refractivity contribution < 1.29 is 24.9 Å². The molecule has 0 saturated heterocycles. The molecule has 10 atom stereocenters. The van der Waals surface area contributed by atoms with Gasteiger partial charge in [-0.2, -0.15) is 0 Å². The molecule has 4 rings (SSSR count). The monoisotopic (exact) mass is 488 g/mol. The molecule has 3 N–H and O–H groups in total. The summed E-state index contributed by atoms with van der Waals surface area (Å²) in [4.78, 5) is 11.5. The number of hydrogen-bond donors (Lipinski definition) is 3. The van der Waals surface area contributed by atoms with E-state index < -0.39 is 23.2 Å². The van der Waals surface area contributed by atoms with Gasteiger partial charge in [0.05, 0.1) is 12.2 Å². The molecule has 0 spiro atoms. The molecule has 0 amide bonds. The molecule has 0 aromatic rings. The largest absolute Gasteiger partial charge is 0.463 e. The molecule has 35 heavy (non-hydrogen) atoms. The molecule has 5 nitrogen and oxygen atoms in total. The average Bonchev–Trinajstić information content (AvgIpc) is 3.11. The minimum absolute atomic E-state index is 0.103. The van der Waals surface area contributed by atoms with Crippen LogP contribution in [0, 0.1) is 40.4 Å². The second-order valence-corrected chi connectivity index (χ2v) is 13.2. The first-order chi connectivity index (χ1) is 16.3. The summed E-state index contributed by atoms with van der Waals surface area (Å²) in [5, 5.41) is 35.4. The predicted octanol–water partition coefficient (Wildman–Crippen LogP) is 5.18. The molecule has 0 aromatic carbocycles. The van der Waals surface area contributed by atoms with Gasteiger partial charge in [0.1, 0.15) is 11.7 Å². The van der Waals surface area contributed by atoms with E-state index >= 15 is 0 Å². The first-order valence-corrected chi connectivity index (χ1v) is 13.9. The minimum Gasteiger partial charge on any atom is -0.463 e. The number of rotatable bonds is 6. The fourth-order valence-electron chi connectivity index (χ4n) is 8.82. The van der Waals surface area contributed by atoms with E-state index in [1.165, 1.54) is 12.5 Å². The molecule has 0 radical (unpaired) electrons. The highest BCUT2D eigenvalue weighted by atomic mass is 16.5. The summed E-state index contributed by atoms with van der Waals surface area (Å²) in [5.41, 5.74) is 0.0561. The summed E-state index contributed by atoms with van der Waals surface area (Å²) in [6.45, 7) is 16.8. The van der Waals surface area contributed by atoms with Crippen LogP contribution in [0.3, 0.4) is 0 Å². The Bertz CT molecular complexity index is 878. The van der Waals surface area contributed by atoms with Crippen molar-refractivity contribution >= 4 is 5.97 Å². The summed E-state index contributed by atoms with van der Waals surface area (Å²) in [6.07, 6.45) is 6.59. The van der Waals surface area contributed by atoms with Crippen LogP contribution >= 0.6 is 0 Å². The highest BCUT2D eigenvalue weighted by molar-refractivity contribution is 5.66. The molecular formula is C30H48O5. The molecule has 5 heteroatoms. The normalized spacial score (nSPS) is 45.7. The molecule has 0 aromatic heterocycles. The maximum Gasteiger partial charge on any atom is 0.302 e. The highest BCUT2D eigenvalue weighted by Crippen LogP contribution is 2.68. The molecule has 198 valence electrons. The van der Waals surface area contributed by atoms with Gasteiger partial charge in [-0.25, -0.2) is 0 Å². The molecule has 0 bridgehead atoms. The smallest absolute Gasteiger partial charge is 0.302 e. The number of aliphatic hydroxyl groups is 3. The van der Waals surface area contributed by atoms with Gasteiger partial charge in [0, 0.05) is 18.3 Å². The van der Waals surface area contributed by atoms with Gasteiger partial charge in [-0.15, -0.1) is 0 Å². The Morgan fingerprint density at radius 1 is 1.20 bits per heavy atom. The van der Waals surface area contributed by atoms with E-state index in [1.54, 1.807) is 0 Å². The van der Waals surface area contributed by atoms with Crippen LogP contribution in [-0.4, -0.2) is 45.2 Å². The van der Waals surface area contributed by atoms with Gasteiger partial charge in [0.2, 0.25) is 0 Å². The summed E-state index contributed by atoms with van der Waals surface area (Å²) < 4.78 is 5.49. The van der Waals surface area contributed by atoms with Crippen molar-refractivity contribution in [3.63, 3.8) is 0 Å². The summed E-state index contributed by atoms with van der Waals surface area (Å²) in [6, 6.07) is 0. The van der Waals surface area contributed by atoms with Gasteiger partial charge in [-0.3, -0.25) is 4.79 Å². The number of carbonyl (C=O) groups excluding carboxylic acids is 1. The van der Waals surface area contributed by atoms with Crippen molar-refractivity contribution in [1.29, 1.82) is 0 Å². The number of fused-ring (bicyclic) bond motifs is 5. The third-order valence-electron chi connectivity index (χ3n) is 11.1. The third-order valence-corrected chi connectivity index (χ3v) is 11.1. The van der Waals surface area contributed by atoms with Gasteiger partial charge in [-0.1, -0.05) is 52.8 Å². The molecule has 3 saturated carbocycles. The number of carbonyl (C=O) groups is 1. The molecule has 0 heterocycles. The zero-order valence-electron chi connectivity index (χ0n) is 22.7. The Kier molecular flexibility index (Phi) is 7.14. The maximum absolute atomic E-state index is 12.4. The number of allylic oxidation sites excluding steroid dienone is 1. The first kappa shape index (κ1) is 26.9. The van der Waals surface area contributed by atoms with Crippen molar-refractivity contribution in [2.45, 2.75) is 117 Å². The lowest BCUT2D eigenvalue weighted by molar-refractivity contribution is -0.224. The first-order valence-electron chi connectivity index (χ1n) is 13.9. The Balaban J connectivity index is 1.62. The van der Waals surface area contributed by atoms with Crippen LogP contribution in [0.2, 0.25) is 0 Å².